The summed E-state index contributed by atoms with van der Waals surface area (Å²) in [5.41, 5.74) is 18.4. The van der Waals surface area contributed by atoms with Crippen LogP contribution < -0.4 is 21.1 Å². The maximum atomic E-state index is 7.27. The van der Waals surface area contributed by atoms with Crippen LogP contribution in [0.15, 0.2) is 197 Å². The van der Waals surface area contributed by atoms with Crippen molar-refractivity contribution in [3.63, 3.8) is 0 Å². The smallest absolute Gasteiger partial charge is 0.256 e. The van der Waals surface area contributed by atoms with Crippen molar-refractivity contribution in [2.45, 2.75) is 26.2 Å². The van der Waals surface area contributed by atoms with Gasteiger partial charge in [0.05, 0.1) is 43.9 Å². The van der Waals surface area contributed by atoms with E-state index >= 15 is 0 Å². The number of hydrogen-bond donors (Lipinski definition) is 0. The second kappa shape index (κ2) is 13.0. The average Bonchev–Trinajstić information content (AvgIpc) is 4.22. The molecule has 0 fully saturated rings. The van der Waals surface area contributed by atoms with Crippen LogP contribution in [0, 0.1) is 0 Å². The number of nitrogens with zero attached hydrogens (tertiary/aromatic N) is 3. The van der Waals surface area contributed by atoms with E-state index in [-0.39, 0.29) is 12.1 Å². The van der Waals surface area contributed by atoms with Gasteiger partial charge in [-0.15, -0.1) is 0 Å². The predicted molar refractivity (Wildman–Crippen MR) is 294 cm³/mol. The average molecular weight is 910 g/mol. The monoisotopic (exact) mass is 909 g/mol. The predicted octanol–water partition coefficient (Wildman–Crippen LogP) is 15.0. The minimum Gasteiger partial charge on any atom is -0.458 e. The minimum absolute atomic E-state index is 0.0596. The second-order valence-electron chi connectivity index (χ2n) is 20.8. The number of benzene rings is 10. The van der Waals surface area contributed by atoms with Crippen molar-refractivity contribution >= 4 is 132 Å². The van der Waals surface area contributed by atoms with Gasteiger partial charge in [-0.05, 0) is 118 Å². The summed E-state index contributed by atoms with van der Waals surface area (Å²) in [6.45, 7) is 6.77. The molecule has 0 amide bonds. The fraction of sp³-hybridized carbons (Fsp3) is 0.0625. The summed E-state index contributed by atoms with van der Waals surface area (Å²) in [7, 11) is 0. The van der Waals surface area contributed by atoms with Crippen molar-refractivity contribution in [1.29, 1.82) is 0 Å². The molecule has 2 aliphatic rings. The van der Waals surface area contributed by atoms with E-state index in [4.69, 9.17) is 13.6 Å². The lowest BCUT2D eigenvalue weighted by Gasteiger charge is -2.34. The zero-order valence-electron chi connectivity index (χ0n) is 39.0. The summed E-state index contributed by atoms with van der Waals surface area (Å²) in [5, 5.41) is 11.3. The third-order valence-electron chi connectivity index (χ3n) is 16.0. The van der Waals surface area contributed by atoms with E-state index in [9.17, 15) is 0 Å². The molecular formula is C64H40BN3O3. The van der Waals surface area contributed by atoms with Crippen LogP contribution in [-0.4, -0.2) is 20.4 Å². The topological polar surface area (TPSA) is 50.3 Å². The fourth-order valence-electron chi connectivity index (χ4n) is 12.9. The third-order valence-corrected chi connectivity index (χ3v) is 16.0. The molecule has 0 atom stereocenters. The highest BCUT2D eigenvalue weighted by molar-refractivity contribution is 6.99. The van der Waals surface area contributed by atoms with Crippen molar-refractivity contribution in [2.75, 3.05) is 0 Å². The number of ether oxygens (including phenoxy) is 1. The van der Waals surface area contributed by atoms with Crippen LogP contribution in [0.25, 0.3) is 126 Å². The number of aromatic nitrogens is 3. The molecule has 7 heterocycles. The van der Waals surface area contributed by atoms with Crippen LogP contribution >= 0.6 is 0 Å². The molecule has 7 heteroatoms. The molecule has 0 radical (unpaired) electrons. The zero-order chi connectivity index (χ0) is 46.6. The first-order valence-electron chi connectivity index (χ1n) is 24.6. The van der Waals surface area contributed by atoms with Gasteiger partial charge in [-0.25, -0.2) is 0 Å². The summed E-state index contributed by atoms with van der Waals surface area (Å²) >= 11 is 0. The van der Waals surface area contributed by atoms with Crippen molar-refractivity contribution in [3.05, 3.63) is 194 Å². The van der Waals surface area contributed by atoms with Crippen molar-refractivity contribution in [2.24, 2.45) is 0 Å². The molecule has 0 unspecified atom stereocenters. The zero-order valence-corrected chi connectivity index (χ0v) is 39.0. The van der Waals surface area contributed by atoms with Gasteiger partial charge in [0, 0.05) is 60.2 Å². The molecule has 6 nitrogen and oxygen atoms in total. The summed E-state index contributed by atoms with van der Waals surface area (Å²) in [5.74, 6) is 1.78. The number of rotatable bonds is 2. The highest BCUT2D eigenvalue weighted by Gasteiger charge is 2.42. The Morgan fingerprint density at radius 1 is 0.394 bits per heavy atom. The van der Waals surface area contributed by atoms with Gasteiger partial charge in [-0.2, -0.15) is 0 Å². The standard InChI is InChI=1S/C64H40BN3O3/c1-64(2,3)35-23-28-56-46(31-35)65-47-34-45-44-33-37(67-50-19-10-6-15-40(50)41-16-7-11-20-51(41)67)25-30-55(44)71-63(45)59-58-52(68(61(47)59)53-21-12-22-57(69-56)60(53)65)27-26-42-43-32-36(24-29-54(43)70-62(42)58)66-48-17-8-4-13-38(48)39-14-5-9-18-49(39)66/h4-34H,1-3H3. The van der Waals surface area contributed by atoms with E-state index in [1.54, 1.807) is 0 Å². The molecule has 0 spiro atoms. The van der Waals surface area contributed by atoms with Crippen molar-refractivity contribution < 1.29 is 13.6 Å². The van der Waals surface area contributed by atoms with Gasteiger partial charge in [-0.1, -0.05) is 118 Å². The van der Waals surface area contributed by atoms with Gasteiger partial charge in [0.2, 0.25) is 0 Å². The Morgan fingerprint density at radius 2 is 0.958 bits per heavy atom. The summed E-state index contributed by atoms with van der Waals surface area (Å²) in [4.78, 5) is 0. The molecule has 0 bridgehead atoms. The Hall–Kier alpha value is -8.94. The first-order chi connectivity index (χ1) is 34.9. The molecule has 10 aromatic carbocycles. The lowest BCUT2D eigenvalue weighted by atomic mass is 9.34. The van der Waals surface area contributed by atoms with Gasteiger partial charge in [0.15, 0.2) is 0 Å². The van der Waals surface area contributed by atoms with Gasteiger partial charge in [-0.3, -0.25) is 0 Å². The number of fused-ring (bicyclic) bond motifs is 21. The molecule has 71 heavy (non-hydrogen) atoms. The van der Waals surface area contributed by atoms with Crippen LogP contribution in [-0.2, 0) is 5.41 Å². The van der Waals surface area contributed by atoms with Crippen LogP contribution in [0.4, 0.5) is 0 Å². The molecule has 0 N–H and O–H groups in total. The summed E-state index contributed by atoms with van der Waals surface area (Å²) < 4.78 is 28.6. The van der Waals surface area contributed by atoms with Crippen LogP contribution in [0.3, 0.4) is 0 Å². The van der Waals surface area contributed by atoms with E-state index in [1.807, 2.05) is 0 Å². The van der Waals surface area contributed by atoms with Crippen LogP contribution in [0.2, 0.25) is 0 Å². The molecule has 0 saturated heterocycles. The normalized spacial score (nSPS) is 13.4. The molecule has 5 aromatic heterocycles. The lowest BCUT2D eigenvalue weighted by molar-refractivity contribution is 0.486. The van der Waals surface area contributed by atoms with E-state index < -0.39 is 0 Å². The maximum absolute atomic E-state index is 7.27. The lowest BCUT2D eigenvalue weighted by Crippen LogP contribution is -2.58. The molecule has 2 aliphatic heterocycles. The van der Waals surface area contributed by atoms with Crippen molar-refractivity contribution in [3.8, 4) is 28.6 Å². The number of para-hydroxylation sites is 4. The Labute approximate surface area is 406 Å². The van der Waals surface area contributed by atoms with Crippen molar-refractivity contribution in [1.82, 2.24) is 13.7 Å². The molecule has 332 valence electrons. The molecule has 0 saturated carbocycles. The first kappa shape index (κ1) is 38.0. The van der Waals surface area contributed by atoms with E-state index in [2.05, 4.69) is 223 Å². The highest BCUT2D eigenvalue weighted by Crippen LogP contribution is 2.48. The number of hydrogen-bond acceptors (Lipinski definition) is 3. The van der Waals surface area contributed by atoms with E-state index in [0.717, 1.165) is 94.2 Å². The third kappa shape index (κ3) is 4.78. The van der Waals surface area contributed by atoms with Gasteiger partial charge in [0.25, 0.3) is 6.71 Å². The molecule has 17 rings (SSSR count). The Bertz CT molecular complexity index is 4810. The Balaban J connectivity index is 1.01. The molecule has 0 aliphatic carbocycles. The Morgan fingerprint density at radius 3 is 1.55 bits per heavy atom. The first-order valence-corrected chi connectivity index (χ1v) is 24.6. The SMILES string of the molecule is CC(C)(C)c1ccc2c(c1)B1c3c(cccc3-n3c4ccc5c6cc(-n7c8ccccc8c8ccccc87)ccc6oc5c4c4c5oc6ccc(-n7c8ccccc8c8ccccc87)cc6c5cc1c43)O2. The van der Waals surface area contributed by atoms with Crippen LogP contribution in [0.5, 0.6) is 11.5 Å². The van der Waals surface area contributed by atoms with E-state index in [1.165, 1.54) is 65.6 Å². The second-order valence-corrected chi connectivity index (χ2v) is 20.8. The van der Waals surface area contributed by atoms with Crippen LogP contribution in [0.1, 0.15) is 26.3 Å². The largest absolute Gasteiger partial charge is 0.458 e. The highest BCUT2D eigenvalue weighted by atomic mass is 16.5. The molecular weight excluding hydrogens is 870 g/mol. The van der Waals surface area contributed by atoms with Gasteiger partial charge >= 0.3 is 0 Å². The summed E-state index contributed by atoms with van der Waals surface area (Å²) in [6.07, 6.45) is 0. The van der Waals surface area contributed by atoms with Gasteiger partial charge in [0.1, 0.15) is 33.8 Å². The van der Waals surface area contributed by atoms with E-state index in [0.29, 0.717) is 0 Å². The minimum atomic E-state index is -0.0960. The number of furan rings is 2. The Kier molecular flexibility index (Phi) is 6.97. The quantitative estimate of drug-likeness (QED) is 0.162. The van der Waals surface area contributed by atoms with Gasteiger partial charge < -0.3 is 27.3 Å². The maximum Gasteiger partial charge on any atom is 0.256 e. The fourth-order valence-corrected chi connectivity index (χ4v) is 12.9. The summed E-state index contributed by atoms with van der Waals surface area (Å²) in [6, 6.07) is 68.5. The molecule has 15 aromatic rings.